The molecule has 2 rings (SSSR count). The Morgan fingerprint density at radius 1 is 1.38 bits per heavy atom. The van der Waals surface area contributed by atoms with Gasteiger partial charge in [-0.15, -0.1) is 0 Å². The summed E-state index contributed by atoms with van der Waals surface area (Å²) in [5.41, 5.74) is 5.39. The Labute approximate surface area is 94.8 Å². The summed E-state index contributed by atoms with van der Waals surface area (Å²) in [6.07, 6.45) is 0. The van der Waals surface area contributed by atoms with Crippen molar-refractivity contribution in [2.45, 2.75) is 0 Å². The topological polar surface area (TPSA) is 96.2 Å². The number of nitrogens with one attached hydrogen (secondary N) is 1. The highest BCUT2D eigenvalue weighted by molar-refractivity contribution is 6.31. The van der Waals surface area contributed by atoms with Gasteiger partial charge in [-0.25, -0.2) is 4.79 Å². The van der Waals surface area contributed by atoms with Gasteiger partial charge in [-0.1, -0.05) is 11.6 Å². The van der Waals surface area contributed by atoms with Crippen LogP contribution >= 0.6 is 11.6 Å². The molecule has 0 saturated carbocycles. The van der Waals surface area contributed by atoms with Gasteiger partial charge in [0.1, 0.15) is 5.69 Å². The van der Waals surface area contributed by atoms with Gasteiger partial charge in [0.2, 0.25) is 0 Å². The lowest BCUT2D eigenvalue weighted by atomic mass is 10.1. The number of carboxylic acids is 1. The summed E-state index contributed by atoms with van der Waals surface area (Å²) in [4.78, 5) is 24.7. The Balaban J connectivity index is 2.88. The first-order chi connectivity index (χ1) is 7.50. The van der Waals surface area contributed by atoms with E-state index in [1.807, 2.05) is 0 Å². The van der Waals surface area contributed by atoms with Crippen LogP contribution in [0, 0.1) is 0 Å². The van der Waals surface area contributed by atoms with Crippen LogP contribution in [-0.4, -0.2) is 22.0 Å². The zero-order valence-corrected chi connectivity index (χ0v) is 8.71. The highest BCUT2D eigenvalue weighted by Crippen LogP contribution is 2.25. The van der Waals surface area contributed by atoms with Crippen LogP contribution in [0.4, 0.5) is 0 Å². The van der Waals surface area contributed by atoms with Gasteiger partial charge in [0.25, 0.3) is 5.91 Å². The van der Waals surface area contributed by atoms with E-state index in [0.29, 0.717) is 15.9 Å². The number of rotatable bonds is 2. The second-order valence-corrected chi connectivity index (χ2v) is 3.67. The van der Waals surface area contributed by atoms with Crippen LogP contribution in [0.1, 0.15) is 20.8 Å². The fraction of sp³-hybridized carbons (Fsp3) is 0. The molecule has 4 N–H and O–H groups in total. The third-order valence-electron chi connectivity index (χ3n) is 2.22. The summed E-state index contributed by atoms with van der Waals surface area (Å²) < 4.78 is 0. The summed E-state index contributed by atoms with van der Waals surface area (Å²) in [6, 6.07) is 4.69. The van der Waals surface area contributed by atoms with Crippen LogP contribution < -0.4 is 5.73 Å². The highest BCUT2D eigenvalue weighted by Gasteiger charge is 2.20. The Morgan fingerprint density at radius 2 is 2.06 bits per heavy atom. The number of amides is 1. The van der Waals surface area contributed by atoms with Crippen LogP contribution in [0.25, 0.3) is 10.9 Å². The molecule has 82 valence electrons. The molecule has 2 aromatic rings. The minimum absolute atomic E-state index is 0.0509. The van der Waals surface area contributed by atoms with E-state index in [9.17, 15) is 9.59 Å². The highest BCUT2D eigenvalue weighted by atomic mass is 35.5. The maximum atomic E-state index is 11.2. The van der Waals surface area contributed by atoms with Crippen molar-refractivity contribution in [1.82, 2.24) is 4.98 Å². The van der Waals surface area contributed by atoms with Gasteiger partial charge >= 0.3 is 5.97 Å². The zero-order chi connectivity index (χ0) is 11.9. The Kier molecular flexibility index (Phi) is 2.32. The SMILES string of the molecule is NC(=O)c1c(C(=O)O)[nH]c2ccc(Cl)cc12. The van der Waals surface area contributed by atoms with Gasteiger partial charge in [0, 0.05) is 15.9 Å². The van der Waals surface area contributed by atoms with E-state index in [1.54, 1.807) is 12.1 Å². The lowest BCUT2D eigenvalue weighted by molar-refractivity contribution is 0.0687. The maximum Gasteiger partial charge on any atom is 0.353 e. The smallest absolute Gasteiger partial charge is 0.353 e. The fourth-order valence-corrected chi connectivity index (χ4v) is 1.75. The number of aromatic carboxylic acids is 1. The molecule has 1 heterocycles. The molecule has 16 heavy (non-hydrogen) atoms. The molecule has 0 radical (unpaired) electrons. The van der Waals surface area contributed by atoms with E-state index in [0.717, 1.165) is 0 Å². The van der Waals surface area contributed by atoms with E-state index in [4.69, 9.17) is 22.4 Å². The van der Waals surface area contributed by atoms with Gasteiger partial charge in [-0.05, 0) is 18.2 Å². The van der Waals surface area contributed by atoms with Crippen LogP contribution in [-0.2, 0) is 0 Å². The third-order valence-corrected chi connectivity index (χ3v) is 2.46. The lowest BCUT2D eigenvalue weighted by Gasteiger charge is -1.95. The Hall–Kier alpha value is -2.01. The number of aromatic amines is 1. The standard InChI is InChI=1S/C10H7ClN2O3/c11-4-1-2-6-5(3-4)7(9(12)14)8(13-6)10(15)16/h1-3,13H,(H2,12,14)(H,15,16). The molecule has 0 aliphatic heterocycles. The largest absolute Gasteiger partial charge is 0.477 e. The molecule has 1 aromatic carbocycles. The number of carboxylic acid groups (broad SMARTS) is 1. The molecule has 0 unspecified atom stereocenters. The Morgan fingerprint density at radius 3 is 2.62 bits per heavy atom. The predicted octanol–water partition coefficient (Wildman–Crippen LogP) is 1.62. The van der Waals surface area contributed by atoms with Crippen molar-refractivity contribution >= 4 is 34.4 Å². The maximum absolute atomic E-state index is 11.2. The van der Waals surface area contributed by atoms with Crippen molar-refractivity contribution in [1.29, 1.82) is 0 Å². The van der Waals surface area contributed by atoms with E-state index in [1.165, 1.54) is 6.07 Å². The van der Waals surface area contributed by atoms with Crippen molar-refractivity contribution in [3.05, 3.63) is 34.5 Å². The third kappa shape index (κ3) is 1.51. The number of carbonyl (C=O) groups is 2. The molecule has 1 aromatic heterocycles. The number of hydrogen-bond acceptors (Lipinski definition) is 2. The van der Waals surface area contributed by atoms with Gasteiger partial charge in [0.15, 0.2) is 0 Å². The normalized spacial score (nSPS) is 10.6. The van der Waals surface area contributed by atoms with Gasteiger partial charge in [-0.2, -0.15) is 0 Å². The molecule has 0 aliphatic carbocycles. The zero-order valence-electron chi connectivity index (χ0n) is 7.95. The number of benzene rings is 1. The molecular weight excluding hydrogens is 232 g/mol. The number of hydrogen-bond donors (Lipinski definition) is 3. The lowest BCUT2D eigenvalue weighted by Crippen LogP contribution is -2.15. The number of fused-ring (bicyclic) bond motifs is 1. The fourth-order valence-electron chi connectivity index (χ4n) is 1.58. The molecule has 6 heteroatoms. The first-order valence-electron chi connectivity index (χ1n) is 4.35. The summed E-state index contributed by atoms with van der Waals surface area (Å²) in [6.45, 7) is 0. The average Bonchev–Trinajstić information content (AvgIpc) is 2.55. The number of aromatic nitrogens is 1. The second kappa shape index (κ2) is 3.53. The van der Waals surface area contributed by atoms with E-state index in [2.05, 4.69) is 4.98 Å². The minimum Gasteiger partial charge on any atom is -0.477 e. The molecule has 0 atom stereocenters. The minimum atomic E-state index is -1.24. The first-order valence-corrected chi connectivity index (χ1v) is 4.73. The molecule has 0 fully saturated rings. The van der Waals surface area contributed by atoms with E-state index < -0.39 is 11.9 Å². The number of nitrogens with two attached hydrogens (primary N) is 1. The summed E-state index contributed by atoms with van der Waals surface area (Å²) in [5, 5.41) is 9.74. The van der Waals surface area contributed by atoms with Crippen LogP contribution in [0.15, 0.2) is 18.2 Å². The van der Waals surface area contributed by atoms with Crippen molar-refractivity contribution < 1.29 is 14.7 Å². The molecular formula is C10H7ClN2O3. The summed E-state index contributed by atoms with van der Waals surface area (Å²) >= 11 is 5.77. The molecule has 0 bridgehead atoms. The van der Waals surface area contributed by atoms with Crippen molar-refractivity contribution in [3.8, 4) is 0 Å². The number of H-pyrrole nitrogens is 1. The number of primary amides is 1. The monoisotopic (exact) mass is 238 g/mol. The van der Waals surface area contributed by atoms with E-state index in [-0.39, 0.29) is 11.3 Å². The average molecular weight is 239 g/mol. The van der Waals surface area contributed by atoms with E-state index >= 15 is 0 Å². The molecule has 0 saturated heterocycles. The first kappa shape index (κ1) is 10.5. The quantitative estimate of drug-likeness (QED) is 0.742. The van der Waals surface area contributed by atoms with Gasteiger partial charge in [0.05, 0.1) is 5.56 Å². The summed E-state index contributed by atoms with van der Waals surface area (Å²) in [7, 11) is 0. The van der Waals surface area contributed by atoms with Crippen molar-refractivity contribution in [2.75, 3.05) is 0 Å². The van der Waals surface area contributed by atoms with Crippen molar-refractivity contribution in [2.24, 2.45) is 5.73 Å². The number of carbonyl (C=O) groups excluding carboxylic acids is 1. The number of halogens is 1. The Bertz CT molecular complexity index is 603. The molecule has 1 amide bonds. The predicted molar refractivity (Wildman–Crippen MR) is 58.8 cm³/mol. The molecule has 0 aliphatic rings. The molecule has 5 nitrogen and oxygen atoms in total. The van der Waals surface area contributed by atoms with Crippen LogP contribution in [0.3, 0.4) is 0 Å². The van der Waals surface area contributed by atoms with Crippen LogP contribution in [0.5, 0.6) is 0 Å². The van der Waals surface area contributed by atoms with Gasteiger partial charge in [-0.3, -0.25) is 4.79 Å². The van der Waals surface area contributed by atoms with Gasteiger partial charge < -0.3 is 15.8 Å². The van der Waals surface area contributed by atoms with Crippen molar-refractivity contribution in [3.63, 3.8) is 0 Å². The summed E-state index contributed by atoms with van der Waals surface area (Å²) in [5.74, 6) is -2.04. The second-order valence-electron chi connectivity index (χ2n) is 3.23. The molecule has 0 spiro atoms. The van der Waals surface area contributed by atoms with Crippen LogP contribution in [0.2, 0.25) is 5.02 Å².